The molecule has 1 aromatic rings. The highest BCUT2D eigenvalue weighted by atomic mass is 35.5. The smallest absolute Gasteiger partial charge is 0.191 e. The fraction of sp³-hybridized carbons (Fsp3) is 0.650. The third-order valence-corrected chi connectivity index (χ3v) is 7.84. The van der Waals surface area contributed by atoms with E-state index < -0.39 is 20.0 Å². The quantitative estimate of drug-likeness (QED) is 0.496. The van der Waals surface area contributed by atoms with Gasteiger partial charge in [-0.15, -0.1) is 0 Å². The van der Waals surface area contributed by atoms with Crippen LogP contribution in [0.5, 0.6) is 0 Å². The van der Waals surface area contributed by atoms with E-state index in [0.29, 0.717) is 50.1 Å². The van der Waals surface area contributed by atoms with Crippen LogP contribution in [0, 0.1) is 5.82 Å². The molecule has 0 radical (unpaired) electrons. The summed E-state index contributed by atoms with van der Waals surface area (Å²) in [6.07, 6.45) is 2.19. The molecule has 0 aliphatic carbocycles. The Labute approximate surface area is 178 Å². The highest BCUT2D eigenvalue weighted by Gasteiger charge is 2.42. The van der Waals surface area contributed by atoms with Crippen LogP contribution >= 0.6 is 11.6 Å². The molecule has 9 heteroatoms. The van der Waals surface area contributed by atoms with Gasteiger partial charge in [0.2, 0.25) is 0 Å². The molecule has 1 aliphatic heterocycles. The maximum Gasteiger partial charge on any atom is 0.191 e. The van der Waals surface area contributed by atoms with Crippen LogP contribution in [0.2, 0.25) is 5.02 Å². The van der Waals surface area contributed by atoms with Gasteiger partial charge in [0, 0.05) is 43.0 Å². The third kappa shape index (κ3) is 6.06. The molecule has 1 aromatic carbocycles. The Bertz CT molecular complexity index is 837. The summed E-state index contributed by atoms with van der Waals surface area (Å²) in [7, 11) is -3.27. The summed E-state index contributed by atoms with van der Waals surface area (Å²) in [6, 6.07) is 4.36. The predicted molar refractivity (Wildman–Crippen MR) is 116 cm³/mol. The molecule has 2 N–H and O–H groups in total. The van der Waals surface area contributed by atoms with E-state index in [9.17, 15) is 12.8 Å². The van der Waals surface area contributed by atoms with Gasteiger partial charge in [0.15, 0.2) is 15.8 Å². The van der Waals surface area contributed by atoms with Crippen molar-refractivity contribution >= 4 is 27.4 Å². The van der Waals surface area contributed by atoms with Crippen LogP contribution in [-0.4, -0.2) is 58.2 Å². The molecule has 0 aromatic heterocycles. The zero-order valence-corrected chi connectivity index (χ0v) is 19.1. The van der Waals surface area contributed by atoms with Crippen molar-refractivity contribution in [2.24, 2.45) is 4.99 Å². The summed E-state index contributed by atoms with van der Waals surface area (Å²) >= 11 is 6.22. The van der Waals surface area contributed by atoms with Crippen LogP contribution in [0.15, 0.2) is 23.2 Å². The summed E-state index contributed by atoms with van der Waals surface area (Å²) < 4.78 is 42.8. The van der Waals surface area contributed by atoms with Crippen LogP contribution in [0.3, 0.4) is 0 Å². The fourth-order valence-corrected chi connectivity index (χ4v) is 5.07. The number of hydrogen-bond acceptors (Lipinski definition) is 4. The van der Waals surface area contributed by atoms with E-state index in [1.807, 2.05) is 20.8 Å². The van der Waals surface area contributed by atoms with Crippen molar-refractivity contribution in [1.29, 1.82) is 0 Å². The number of nitrogens with zero attached hydrogens (tertiary/aromatic N) is 1. The molecule has 0 spiro atoms. The van der Waals surface area contributed by atoms with Gasteiger partial charge in [-0.25, -0.2) is 12.8 Å². The van der Waals surface area contributed by atoms with Gasteiger partial charge in [0.1, 0.15) is 5.82 Å². The second kappa shape index (κ2) is 9.62. The molecular weight excluding hydrogens is 417 g/mol. The van der Waals surface area contributed by atoms with E-state index in [0.717, 1.165) is 5.56 Å². The van der Waals surface area contributed by atoms with Crippen molar-refractivity contribution in [3.63, 3.8) is 0 Å². The monoisotopic (exact) mass is 447 g/mol. The Kier molecular flexibility index (Phi) is 7.93. The maximum absolute atomic E-state index is 13.4. The predicted octanol–water partition coefficient (Wildman–Crippen LogP) is 2.91. The highest BCUT2D eigenvalue weighted by molar-refractivity contribution is 7.92. The van der Waals surface area contributed by atoms with E-state index in [1.165, 1.54) is 18.4 Å². The van der Waals surface area contributed by atoms with Crippen LogP contribution < -0.4 is 10.6 Å². The minimum Gasteiger partial charge on any atom is -0.381 e. The molecule has 0 unspecified atom stereocenters. The molecule has 2 rings (SSSR count). The lowest BCUT2D eigenvalue weighted by Gasteiger charge is -2.36. The van der Waals surface area contributed by atoms with Gasteiger partial charge in [0.05, 0.1) is 11.3 Å². The van der Waals surface area contributed by atoms with Crippen molar-refractivity contribution in [2.45, 2.75) is 43.8 Å². The zero-order chi connectivity index (χ0) is 21.7. The SMILES string of the molecule is CCNC(=NCC(C)(C)c1ccc(F)cc1Cl)NCC1(S(C)(=O)=O)CCOCC1. The molecule has 0 saturated carbocycles. The number of nitrogens with one attached hydrogen (secondary N) is 2. The molecule has 6 nitrogen and oxygen atoms in total. The number of sulfone groups is 1. The first-order chi connectivity index (χ1) is 13.5. The Morgan fingerprint density at radius 1 is 1.31 bits per heavy atom. The van der Waals surface area contributed by atoms with Crippen LogP contribution in [0.1, 0.15) is 39.2 Å². The lowest BCUT2D eigenvalue weighted by Crippen LogP contribution is -2.53. The van der Waals surface area contributed by atoms with Crippen molar-refractivity contribution < 1.29 is 17.5 Å². The molecule has 29 heavy (non-hydrogen) atoms. The molecule has 164 valence electrons. The van der Waals surface area contributed by atoms with Crippen LogP contribution in [0.4, 0.5) is 4.39 Å². The first-order valence-electron chi connectivity index (χ1n) is 9.76. The largest absolute Gasteiger partial charge is 0.381 e. The number of aliphatic imine (C=N–C) groups is 1. The zero-order valence-electron chi connectivity index (χ0n) is 17.5. The topological polar surface area (TPSA) is 79.8 Å². The molecular formula is C20H31ClFN3O3S. The van der Waals surface area contributed by atoms with Crippen molar-refractivity contribution in [1.82, 2.24) is 10.6 Å². The van der Waals surface area contributed by atoms with Crippen LogP contribution in [-0.2, 0) is 20.0 Å². The number of guanidine groups is 1. The van der Waals surface area contributed by atoms with Gasteiger partial charge in [-0.3, -0.25) is 4.99 Å². The second-order valence-corrected chi connectivity index (χ2v) is 10.9. The van der Waals surface area contributed by atoms with Crippen molar-refractivity contribution in [2.75, 3.05) is 39.1 Å². The third-order valence-electron chi connectivity index (χ3n) is 5.41. The van der Waals surface area contributed by atoms with Gasteiger partial charge in [-0.2, -0.15) is 0 Å². The molecule has 0 amide bonds. The summed E-state index contributed by atoms with van der Waals surface area (Å²) in [6.45, 7) is 8.06. The number of rotatable bonds is 7. The Morgan fingerprint density at radius 2 is 1.97 bits per heavy atom. The van der Waals surface area contributed by atoms with E-state index >= 15 is 0 Å². The molecule has 1 aliphatic rings. The van der Waals surface area contributed by atoms with Gasteiger partial charge < -0.3 is 15.4 Å². The van der Waals surface area contributed by atoms with E-state index in [-0.39, 0.29) is 12.4 Å². The summed E-state index contributed by atoms with van der Waals surface area (Å²) in [5, 5.41) is 6.72. The van der Waals surface area contributed by atoms with E-state index in [1.54, 1.807) is 6.07 Å². The Morgan fingerprint density at radius 3 is 2.52 bits per heavy atom. The maximum atomic E-state index is 13.4. The normalized spacial score (nSPS) is 17.8. The first kappa shape index (κ1) is 23.9. The standard InChI is InChI=1S/C20H31ClFN3O3S/c1-5-23-18(25-14-20(29(4,26)27)8-10-28-11-9-20)24-13-19(2,3)16-7-6-15(22)12-17(16)21/h6-7,12H,5,8-11,13-14H2,1-4H3,(H2,23,24,25). The Hall–Kier alpha value is -1.38. The van der Waals surface area contributed by atoms with Crippen molar-refractivity contribution in [3.05, 3.63) is 34.6 Å². The summed E-state index contributed by atoms with van der Waals surface area (Å²) in [5.41, 5.74) is 0.373. The van der Waals surface area contributed by atoms with E-state index in [4.69, 9.17) is 16.3 Å². The summed E-state index contributed by atoms with van der Waals surface area (Å²) in [4.78, 5) is 4.64. The number of ether oxygens (including phenoxy) is 1. The molecule has 0 atom stereocenters. The minimum absolute atomic E-state index is 0.263. The highest BCUT2D eigenvalue weighted by Crippen LogP contribution is 2.31. The lowest BCUT2D eigenvalue weighted by molar-refractivity contribution is 0.0756. The van der Waals surface area contributed by atoms with Crippen LogP contribution in [0.25, 0.3) is 0 Å². The number of halogens is 2. The summed E-state index contributed by atoms with van der Waals surface area (Å²) in [5.74, 6) is 0.156. The van der Waals surface area contributed by atoms with Gasteiger partial charge >= 0.3 is 0 Å². The number of benzene rings is 1. The first-order valence-corrected chi connectivity index (χ1v) is 12.0. The van der Waals surface area contributed by atoms with Gasteiger partial charge in [-0.05, 0) is 37.5 Å². The van der Waals surface area contributed by atoms with E-state index in [2.05, 4.69) is 15.6 Å². The average molecular weight is 448 g/mol. The molecule has 1 heterocycles. The number of hydrogen-bond donors (Lipinski definition) is 2. The minimum atomic E-state index is -3.27. The lowest BCUT2D eigenvalue weighted by atomic mass is 9.84. The average Bonchev–Trinajstić information content (AvgIpc) is 2.63. The van der Waals surface area contributed by atoms with Gasteiger partial charge in [-0.1, -0.05) is 31.5 Å². The fourth-order valence-electron chi connectivity index (χ4n) is 3.41. The molecule has 0 bridgehead atoms. The Balaban J connectivity index is 2.16. The van der Waals surface area contributed by atoms with Crippen molar-refractivity contribution in [3.8, 4) is 0 Å². The van der Waals surface area contributed by atoms with Gasteiger partial charge in [0.25, 0.3) is 0 Å². The molecule has 1 saturated heterocycles. The second-order valence-electron chi connectivity index (χ2n) is 8.12. The molecule has 1 fully saturated rings.